The van der Waals surface area contributed by atoms with Crippen molar-refractivity contribution in [1.29, 1.82) is 0 Å². The van der Waals surface area contributed by atoms with Crippen molar-refractivity contribution in [1.82, 2.24) is 5.32 Å². The highest BCUT2D eigenvalue weighted by molar-refractivity contribution is 5.59. The van der Waals surface area contributed by atoms with Gasteiger partial charge in [-0.15, -0.1) is 0 Å². The van der Waals surface area contributed by atoms with E-state index < -0.39 is 0 Å². The quantitative estimate of drug-likeness (QED) is 0.369. The molecule has 0 aliphatic heterocycles. The van der Waals surface area contributed by atoms with Gasteiger partial charge in [0.1, 0.15) is 0 Å². The molecule has 0 aromatic rings. The normalized spacial score (nSPS) is 10.7. The van der Waals surface area contributed by atoms with E-state index in [2.05, 4.69) is 23.5 Å². The second kappa shape index (κ2) is 5.47. The van der Waals surface area contributed by atoms with Crippen LogP contribution < -0.4 is 5.32 Å². The predicted octanol–water partition coefficient (Wildman–Crippen LogP) is 1.88. The Bertz CT molecular complexity index is 200. The molecule has 0 unspecified atom stereocenters. The molecule has 0 aliphatic rings. The van der Waals surface area contributed by atoms with Crippen molar-refractivity contribution in [3.63, 3.8) is 0 Å². The average Bonchev–Trinajstić information content (AvgIpc) is 2.00. The van der Waals surface area contributed by atoms with Crippen LogP contribution in [-0.4, -0.2) is 13.4 Å². The summed E-state index contributed by atoms with van der Waals surface area (Å²) in [5.74, 6) is 0. The van der Waals surface area contributed by atoms with Gasteiger partial charge in [-0.25, -0.2) is 0 Å². The number of aliphatic imine (C=N–C) groups is 1. The van der Waals surface area contributed by atoms with Gasteiger partial charge in [0, 0.05) is 12.7 Å². The first-order valence-corrected chi connectivity index (χ1v) is 3.40. The zero-order valence-corrected chi connectivity index (χ0v) is 7.09. The second-order valence-electron chi connectivity index (χ2n) is 2.04. The van der Waals surface area contributed by atoms with Gasteiger partial charge >= 0.3 is 0 Å². The largest absolute Gasteiger partial charge is 0.347 e. The van der Waals surface area contributed by atoms with Crippen LogP contribution in [0.2, 0.25) is 0 Å². The van der Waals surface area contributed by atoms with Gasteiger partial charge < -0.3 is 5.32 Å². The Balaban J connectivity index is 3.93. The summed E-state index contributed by atoms with van der Waals surface area (Å²) < 4.78 is 0. The Morgan fingerprint density at radius 1 is 1.45 bits per heavy atom. The summed E-state index contributed by atoms with van der Waals surface area (Å²) in [6, 6.07) is 0. The minimum atomic E-state index is 0.772. The molecular weight excluding hydrogens is 136 g/mol. The third kappa shape index (κ3) is 4.14. The van der Waals surface area contributed by atoms with E-state index in [1.54, 1.807) is 13.4 Å². The zero-order valence-electron chi connectivity index (χ0n) is 7.09. The van der Waals surface area contributed by atoms with E-state index in [-0.39, 0.29) is 0 Å². The SMILES string of the molecule is C=C(C=CC)C(=C)NC=NC. The van der Waals surface area contributed by atoms with Crippen molar-refractivity contribution < 1.29 is 0 Å². The maximum Gasteiger partial charge on any atom is 0.0864 e. The van der Waals surface area contributed by atoms with E-state index in [1.807, 2.05) is 19.1 Å². The van der Waals surface area contributed by atoms with Gasteiger partial charge in [0.05, 0.1) is 6.34 Å². The topological polar surface area (TPSA) is 24.4 Å². The lowest BCUT2D eigenvalue weighted by atomic mass is 10.2. The van der Waals surface area contributed by atoms with Crippen LogP contribution in [0.1, 0.15) is 6.92 Å². The van der Waals surface area contributed by atoms with Crippen LogP contribution in [0.5, 0.6) is 0 Å². The molecule has 0 saturated heterocycles. The van der Waals surface area contributed by atoms with Crippen LogP contribution in [-0.2, 0) is 0 Å². The maximum atomic E-state index is 3.79. The Morgan fingerprint density at radius 3 is 2.55 bits per heavy atom. The first kappa shape index (κ1) is 9.69. The van der Waals surface area contributed by atoms with E-state index in [1.165, 1.54) is 0 Å². The Kier molecular flexibility index (Phi) is 4.82. The van der Waals surface area contributed by atoms with Crippen LogP contribution >= 0.6 is 0 Å². The first-order valence-electron chi connectivity index (χ1n) is 3.40. The number of allylic oxidation sites excluding steroid dienone is 2. The lowest BCUT2D eigenvalue weighted by molar-refractivity contribution is 1.18. The van der Waals surface area contributed by atoms with Crippen molar-refractivity contribution in [2.45, 2.75) is 6.92 Å². The van der Waals surface area contributed by atoms with Crippen LogP contribution in [0.3, 0.4) is 0 Å². The van der Waals surface area contributed by atoms with Gasteiger partial charge in [-0.2, -0.15) is 0 Å². The zero-order chi connectivity index (χ0) is 8.69. The van der Waals surface area contributed by atoms with E-state index in [9.17, 15) is 0 Å². The molecule has 0 atom stereocenters. The van der Waals surface area contributed by atoms with Crippen LogP contribution in [0, 0.1) is 0 Å². The second-order valence-corrected chi connectivity index (χ2v) is 2.04. The molecule has 0 saturated carbocycles. The van der Waals surface area contributed by atoms with E-state index in [0.717, 1.165) is 11.3 Å². The Hall–Kier alpha value is -1.31. The van der Waals surface area contributed by atoms with Gasteiger partial charge in [0.15, 0.2) is 0 Å². The van der Waals surface area contributed by atoms with Crippen molar-refractivity contribution in [3.05, 3.63) is 36.6 Å². The molecule has 0 aromatic carbocycles. The molecule has 60 valence electrons. The minimum Gasteiger partial charge on any atom is -0.347 e. The monoisotopic (exact) mass is 150 g/mol. The third-order valence-corrected chi connectivity index (χ3v) is 1.12. The highest BCUT2D eigenvalue weighted by Gasteiger charge is 1.90. The van der Waals surface area contributed by atoms with Crippen LogP contribution in [0.25, 0.3) is 0 Å². The fourth-order valence-corrected chi connectivity index (χ4v) is 0.537. The molecule has 0 aromatic heterocycles. The highest BCUT2D eigenvalue weighted by atomic mass is 14.9. The number of rotatable bonds is 4. The van der Waals surface area contributed by atoms with E-state index in [4.69, 9.17) is 0 Å². The summed E-state index contributed by atoms with van der Waals surface area (Å²) in [6.07, 6.45) is 5.38. The summed E-state index contributed by atoms with van der Waals surface area (Å²) >= 11 is 0. The molecule has 0 bridgehead atoms. The van der Waals surface area contributed by atoms with Gasteiger partial charge in [0.25, 0.3) is 0 Å². The number of hydrogen-bond donors (Lipinski definition) is 1. The lowest BCUT2D eigenvalue weighted by Gasteiger charge is -2.02. The van der Waals surface area contributed by atoms with Crippen LogP contribution in [0.15, 0.2) is 41.6 Å². The first-order chi connectivity index (χ1) is 5.22. The molecule has 1 N–H and O–H groups in total. The summed E-state index contributed by atoms with van der Waals surface area (Å²) in [4.78, 5) is 3.76. The van der Waals surface area contributed by atoms with Crippen molar-refractivity contribution in [2.24, 2.45) is 4.99 Å². The smallest absolute Gasteiger partial charge is 0.0864 e. The van der Waals surface area contributed by atoms with Gasteiger partial charge in [-0.1, -0.05) is 25.3 Å². The van der Waals surface area contributed by atoms with Gasteiger partial charge in [-0.3, -0.25) is 4.99 Å². The fourth-order valence-electron chi connectivity index (χ4n) is 0.537. The molecular formula is C9H14N2. The lowest BCUT2D eigenvalue weighted by Crippen LogP contribution is -2.09. The van der Waals surface area contributed by atoms with Crippen molar-refractivity contribution >= 4 is 6.34 Å². The third-order valence-electron chi connectivity index (χ3n) is 1.12. The van der Waals surface area contributed by atoms with E-state index in [0.29, 0.717) is 0 Å². The molecule has 0 fully saturated rings. The van der Waals surface area contributed by atoms with Gasteiger partial charge in [0.2, 0.25) is 0 Å². The Labute approximate surface area is 68.0 Å². The van der Waals surface area contributed by atoms with Crippen molar-refractivity contribution in [3.8, 4) is 0 Å². The summed E-state index contributed by atoms with van der Waals surface area (Å²) in [6.45, 7) is 9.48. The highest BCUT2D eigenvalue weighted by Crippen LogP contribution is 2.01. The molecule has 0 spiro atoms. The van der Waals surface area contributed by atoms with Crippen molar-refractivity contribution in [2.75, 3.05) is 7.05 Å². The number of nitrogens with one attached hydrogen (secondary N) is 1. The summed E-state index contributed by atoms with van der Waals surface area (Å²) in [5.41, 5.74) is 1.64. The van der Waals surface area contributed by atoms with Crippen LogP contribution in [0.4, 0.5) is 0 Å². The summed E-state index contributed by atoms with van der Waals surface area (Å²) in [5, 5.41) is 2.88. The molecule has 0 aliphatic carbocycles. The molecule has 2 nitrogen and oxygen atoms in total. The number of nitrogens with zero attached hydrogens (tertiary/aromatic N) is 1. The number of hydrogen-bond acceptors (Lipinski definition) is 1. The molecule has 2 heteroatoms. The maximum absolute atomic E-state index is 3.79. The average molecular weight is 150 g/mol. The fraction of sp³-hybridized carbons (Fsp3) is 0.222. The minimum absolute atomic E-state index is 0.772. The summed E-state index contributed by atoms with van der Waals surface area (Å²) in [7, 11) is 1.69. The predicted molar refractivity (Wildman–Crippen MR) is 50.6 cm³/mol. The molecule has 0 amide bonds. The van der Waals surface area contributed by atoms with Gasteiger partial charge in [-0.05, 0) is 12.5 Å². The Morgan fingerprint density at radius 2 is 2.09 bits per heavy atom. The molecule has 11 heavy (non-hydrogen) atoms. The van der Waals surface area contributed by atoms with E-state index >= 15 is 0 Å². The molecule has 0 radical (unpaired) electrons. The molecule has 0 heterocycles. The standard InChI is InChI=1S/C9H14N2/c1-5-6-8(2)9(3)11-7-10-4/h5-7H,2-3H2,1,4H3,(H,10,11). The molecule has 0 rings (SSSR count).